The second kappa shape index (κ2) is 9.17. The van der Waals surface area contributed by atoms with Crippen LogP contribution in [0.4, 0.5) is 0 Å². The van der Waals surface area contributed by atoms with Gasteiger partial charge in [0.2, 0.25) is 0 Å². The second-order valence-corrected chi connectivity index (χ2v) is 7.49. The zero-order chi connectivity index (χ0) is 16.6. The summed E-state index contributed by atoms with van der Waals surface area (Å²) in [5.41, 5.74) is 3.12. The van der Waals surface area contributed by atoms with Crippen molar-refractivity contribution in [2.24, 2.45) is 11.3 Å². The van der Waals surface area contributed by atoms with Crippen molar-refractivity contribution >= 4 is 5.97 Å². The van der Waals surface area contributed by atoms with Crippen LogP contribution in [0.1, 0.15) is 79.6 Å². The van der Waals surface area contributed by atoms with Crippen molar-refractivity contribution in [1.29, 1.82) is 0 Å². The third-order valence-corrected chi connectivity index (χ3v) is 4.83. The fraction of sp³-hybridized carbons (Fsp3) is 0.750. The van der Waals surface area contributed by atoms with Gasteiger partial charge in [-0.15, -0.1) is 0 Å². The number of carbonyl (C=O) groups excluding carboxylic acids is 1. The summed E-state index contributed by atoms with van der Waals surface area (Å²) < 4.78 is 4.97. The Morgan fingerprint density at radius 1 is 1.36 bits per heavy atom. The lowest BCUT2D eigenvalue weighted by atomic mass is 9.83. The summed E-state index contributed by atoms with van der Waals surface area (Å²) in [5.74, 6) is 0.533. The summed E-state index contributed by atoms with van der Waals surface area (Å²) in [6, 6.07) is 0. The van der Waals surface area contributed by atoms with Gasteiger partial charge in [0, 0.05) is 6.08 Å². The molecule has 0 aromatic rings. The topological polar surface area (TPSA) is 26.3 Å². The highest BCUT2D eigenvalue weighted by Crippen LogP contribution is 2.32. The van der Waals surface area contributed by atoms with Crippen molar-refractivity contribution in [3.8, 4) is 0 Å². The average Bonchev–Trinajstić information content (AvgIpc) is 2.85. The number of hydrogen-bond acceptors (Lipinski definition) is 2. The summed E-state index contributed by atoms with van der Waals surface area (Å²) in [5, 5.41) is 0. The Morgan fingerprint density at radius 3 is 2.73 bits per heavy atom. The lowest BCUT2D eigenvalue weighted by Gasteiger charge is -2.23. The van der Waals surface area contributed by atoms with Crippen LogP contribution in [0.25, 0.3) is 0 Å². The molecular formula is C20H34O2. The Hall–Kier alpha value is -1.05. The van der Waals surface area contributed by atoms with Crippen LogP contribution in [0.3, 0.4) is 0 Å². The van der Waals surface area contributed by atoms with Crippen LogP contribution in [0, 0.1) is 11.3 Å². The molecular weight excluding hydrogens is 272 g/mol. The van der Waals surface area contributed by atoms with E-state index in [9.17, 15) is 4.79 Å². The van der Waals surface area contributed by atoms with Gasteiger partial charge in [-0.05, 0) is 49.5 Å². The maximum atomic E-state index is 11.5. The lowest BCUT2D eigenvalue weighted by molar-refractivity contribution is -0.137. The van der Waals surface area contributed by atoms with Gasteiger partial charge in [-0.3, -0.25) is 0 Å². The molecule has 0 heterocycles. The van der Waals surface area contributed by atoms with E-state index < -0.39 is 0 Å². The first-order chi connectivity index (χ1) is 10.4. The SMILES string of the molecule is CCOC(=O)/C=C1/C=C(CC(C)CCCC(C)(C)CC)CC1. The van der Waals surface area contributed by atoms with E-state index in [0.717, 1.165) is 24.3 Å². The van der Waals surface area contributed by atoms with Crippen molar-refractivity contribution in [1.82, 2.24) is 0 Å². The molecule has 0 fully saturated rings. The van der Waals surface area contributed by atoms with Crippen molar-refractivity contribution in [3.63, 3.8) is 0 Å². The standard InChI is InChI=1S/C20H34O2/c1-6-20(4,5)12-8-9-16(3)13-17-10-11-18(14-17)15-19(21)22-7-2/h14-16H,6-13H2,1-5H3/b18-15+. The summed E-state index contributed by atoms with van der Waals surface area (Å²) in [4.78, 5) is 11.5. The van der Waals surface area contributed by atoms with Crippen molar-refractivity contribution in [3.05, 3.63) is 23.3 Å². The van der Waals surface area contributed by atoms with Gasteiger partial charge in [0.1, 0.15) is 0 Å². The Balaban J connectivity index is 2.36. The molecule has 1 aliphatic rings. The number of ether oxygens (including phenoxy) is 1. The van der Waals surface area contributed by atoms with Gasteiger partial charge in [-0.25, -0.2) is 4.79 Å². The van der Waals surface area contributed by atoms with Gasteiger partial charge < -0.3 is 4.74 Å². The molecule has 126 valence electrons. The zero-order valence-corrected chi connectivity index (χ0v) is 15.2. The highest BCUT2D eigenvalue weighted by atomic mass is 16.5. The molecule has 0 amide bonds. The molecule has 2 heteroatoms. The average molecular weight is 306 g/mol. The zero-order valence-electron chi connectivity index (χ0n) is 15.2. The predicted octanol–water partition coefficient (Wildman–Crippen LogP) is 5.83. The Morgan fingerprint density at radius 2 is 2.09 bits per heavy atom. The summed E-state index contributed by atoms with van der Waals surface area (Å²) in [6.07, 6.45) is 12.3. The van der Waals surface area contributed by atoms with Crippen molar-refractivity contribution in [2.75, 3.05) is 6.61 Å². The minimum Gasteiger partial charge on any atom is -0.463 e. The first-order valence-electron chi connectivity index (χ1n) is 8.93. The van der Waals surface area contributed by atoms with Gasteiger partial charge >= 0.3 is 5.97 Å². The fourth-order valence-electron chi connectivity index (χ4n) is 2.98. The number of allylic oxidation sites excluding steroid dienone is 3. The van der Waals surface area contributed by atoms with Crippen LogP contribution in [-0.2, 0) is 9.53 Å². The molecule has 22 heavy (non-hydrogen) atoms. The molecule has 0 aromatic heterocycles. The van der Waals surface area contributed by atoms with Crippen LogP contribution in [0.5, 0.6) is 0 Å². The van der Waals surface area contributed by atoms with Gasteiger partial charge in [0.25, 0.3) is 0 Å². The van der Waals surface area contributed by atoms with Gasteiger partial charge in [-0.2, -0.15) is 0 Å². The van der Waals surface area contributed by atoms with E-state index in [2.05, 4.69) is 33.8 Å². The van der Waals surface area contributed by atoms with Crippen LogP contribution >= 0.6 is 0 Å². The lowest BCUT2D eigenvalue weighted by Crippen LogP contribution is -2.10. The largest absolute Gasteiger partial charge is 0.463 e. The Bertz CT molecular complexity index is 415. The van der Waals surface area contributed by atoms with E-state index >= 15 is 0 Å². The Labute approximate surface area is 137 Å². The van der Waals surface area contributed by atoms with E-state index in [4.69, 9.17) is 4.74 Å². The van der Waals surface area contributed by atoms with Crippen LogP contribution in [0.2, 0.25) is 0 Å². The first kappa shape index (κ1) is 19.0. The van der Waals surface area contributed by atoms with Crippen molar-refractivity contribution < 1.29 is 9.53 Å². The maximum absolute atomic E-state index is 11.5. The second-order valence-electron chi connectivity index (χ2n) is 7.49. The molecule has 2 nitrogen and oxygen atoms in total. The van der Waals surface area contributed by atoms with Crippen LogP contribution in [0.15, 0.2) is 23.3 Å². The molecule has 0 radical (unpaired) electrons. The smallest absolute Gasteiger partial charge is 0.331 e. The highest BCUT2D eigenvalue weighted by Gasteiger charge is 2.17. The third-order valence-electron chi connectivity index (χ3n) is 4.83. The quantitative estimate of drug-likeness (QED) is 0.396. The minimum atomic E-state index is -0.204. The van der Waals surface area contributed by atoms with Crippen LogP contribution in [-0.4, -0.2) is 12.6 Å². The molecule has 0 spiro atoms. The molecule has 1 aliphatic carbocycles. The number of hydrogen-bond donors (Lipinski definition) is 0. The molecule has 1 unspecified atom stereocenters. The van der Waals surface area contributed by atoms with E-state index in [0.29, 0.717) is 12.0 Å². The molecule has 0 aromatic carbocycles. The summed E-state index contributed by atoms with van der Waals surface area (Å²) in [6.45, 7) is 11.7. The number of carbonyl (C=O) groups is 1. The summed E-state index contributed by atoms with van der Waals surface area (Å²) >= 11 is 0. The van der Waals surface area contributed by atoms with Gasteiger partial charge in [-0.1, -0.05) is 58.6 Å². The predicted molar refractivity (Wildman–Crippen MR) is 93.7 cm³/mol. The monoisotopic (exact) mass is 306 g/mol. The highest BCUT2D eigenvalue weighted by molar-refractivity contribution is 5.83. The normalized spacial score (nSPS) is 18.4. The maximum Gasteiger partial charge on any atom is 0.331 e. The molecule has 0 saturated carbocycles. The number of rotatable bonds is 9. The van der Waals surface area contributed by atoms with E-state index in [1.54, 1.807) is 6.08 Å². The fourth-order valence-corrected chi connectivity index (χ4v) is 2.98. The Kier molecular flexibility index (Phi) is 7.92. The minimum absolute atomic E-state index is 0.204. The van der Waals surface area contributed by atoms with Gasteiger partial charge in [0.05, 0.1) is 6.61 Å². The molecule has 1 rings (SSSR count). The van der Waals surface area contributed by atoms with E-state index in [1.165, 1.54) is 37.7 Å². The van der Waals surface area contributed by atoms with Crippen LogP contribution < -0.4 is 0 Å². The molecule has 0 saturated heterocycles. The summed E-state index contributed by atoms with van der Waals surface area (Å²) in [7, 11) is 0. The molecule has 0 bridgehead atoms. The molecule has 1 atom stereocenters. The van der Waals surface area contributed by atoms with E-state index in [1.807, 2.05) is 6.92 Å². The van der Waals surface area contributed by atoms with E-state index in [-0.39, 0.29) is 5.97 Å². The third kappa shape index (κ3) is 7.29. The van der Waals surface area contributed by atoms with Gasteiger partial charge in [0.15, 0.2) is 0 Å². The van der Waals surface area contributed by atoms with Crippen molar-refractivity contribution in [2.45, 2.75) is 79.6 Å². The number of esters is 1. The molecule has 0 N–H and O–H groups in total. The molecule has 0 aliphatic heterocycles. The first-order valence-corrected chi connectivity index (χ1v) is 8.93.